The molecule has 0 unspecified atom stereocenters. The van der Waals surface area contributed by atoms with Gasteiger partial charge in [0.05, 0.1) is 4.92 Å². The molecular weight excluding hydrogens is 272 g/mol. The van der Waals surface area contributed by atoms with E-state index in [1.54, 1.807) is 4.90 Å². The van der Waals surface area contributed by atoms with Gasteiger partial charge in [-0.2, -0.15) is 0 Å². The first-order chi connectivity index (χ1) is 9.93. The van der Waals surface area contributed by atoms with Crippen LogP contribution in [0.4, 0.5) is 11.4 Å². The lowest BCUT2D eigenvalue weighted by Crippen LogP contribution is -2.36. The molecule has 1 aromatic rings. The maximum absolute atomic E-state index is 12.7. The Bertz CT molecular complexity index is 555. The molecular formula is C14H20N4O3. The predicted molar refractivity (Wildman–Crippen MR) is 79.8 cm³/mol. The summed E-state index contributed by atoms with van der Waals surface area (Å²) in [5.41, 5.74) is 2.80. The van der Waals surface area contributed by atoms with Crippen molar-refractivity contribution in [2.45, 2.75) is 32.7 Å². The Kier molecular flexibility index (Phi) is 4.42. The molecule has 0 radical (unpaired) electrons. The molecule has 0 saturated heterocycles. The molecule has 1 aliphatic rings. The van der Waals surface area contributed by atoms with Crippen LogP contribution < -0.4 is 11.3 Å². The largest absolute Gasteiger partial charge is 0.335 e. The SMILES string of the molecule is CC(C)CN(C(=O)c1cc(NN)ccc1[N+](=O)[O-])C1CC1. The highest BCUT2D eigenvalue weighted by Crippen LogP contribution is 2.31. The van der Waals surface area contributed by atoms with Crippen molar-refractivity contribution in [2.75, 3.05) is 12.0 Å². The van der Waals surface area contributed by atoms with Gasteiger partial charge in [0.15, 0.2) is 0 Å². The van der Waals surface area contributed by atoms with Gasteiger partial charge in [0.25, 0.3) is 11.6 Å². The molecule has 7 heteroatoms. The van der Waals surface area contributed by atoms with Gasteiger partial charge in [0, 0.05) is 24.3 Å². The van der Waals surface area contributed by atoms with Crippen LogP contribution in [0.2, 0.25) is 0 Å². The van der Waals surface area contributed by atoms with Crippen LogP contribution in [0.1, 0.15) is 37.0 Å². The predicted octanol–water partition coefficient (Wildman–Crippen LogP) is 2.14. The van der Waals surface area contributed by atoms with Crippen molar-refractivity contribution >= 4 is 17.3 Å². The molecule has 1 fully saturated rings. The van der Waals surface area contributed by atoms with E-state index in [4.69, 9.17) is 5.84 Å². The highest BCUT2D eigenvalue weighted by Gasteiger charge is 2.35. The summed E-state index contributed by atoms with van der Waals surface area (Å²) in [6.45, 7) is 4.64. The zero-order chi connectivity index (χ0) is 15.6. The van der Waals surface area contributed by atoms with Gasteiger partial charge in [-0.1, -0.05) is 13.8 Å². The van der Waals surface area contributed by atoms with Gasteiger partial charge >= 0.3 is 0 Å². The van der Waals surface area contributed by atoms with E-state index in [9.17, 15) is 14.9 Å². The zero-order valence-electron chi connectivity index (χ0n) is 12.2. The molecule has 0 bridgehead atoms. The van der Waals surface area contributed by atoms with Crippen molar-refractivity contribution < 1.29 is 9.72 Å². The van der Waals surface area contributed by atoms with Crippen LogP contribution in [0.3, 0.4) is 0 Å². The first kappa shape index (κ1) is 15.2. The summed E-state index contributed by atoms with van der Waals surface area (Å²) in [6.07, 6.45) is 1.92. The summed E-state index contributed by atoms with van der Waals surface area (Å²) in [4.78, 5) is 25.1. The maximum atomic E-state index is 12.7. The van der Waals surface area contributed by atoms with E-state index >= 15 is 0 Å². The number of hydrogen-bond acceptors (Lipinski definition) is 5. The Labute approximate surface area is 123 Å². The molecule has 1 aliphatic carbocycles. The Morgan fingerprint density at radius 1 is 1.52 bits per heavy atom. The second-order valence-electron chi connectivity index (χ2n) is 5.72. The number of anilines is 1. The van der Waals surface area contributed by atoms with Crippen LogP contribution in [0, 0.1) is 16.0 Å². The Morgan fingerprint density at radius 2 is 2.19 bits per heavy atom. The van der Waals surface area contributed by atoms with E-state index in [1.165, 1.54) is 18.2 Å². The van der Waals surface area contributed by atoms with Crippen LogP contribution in [0.15, 0.2) is 18.2 Å². The number of hydrogen-bond donors (Lipinski definition) is 2. The first-order valence-corrected chi connectivity index (χ1v) is 7.00. The Balaban J connectivity index is 2.37. The molecule has 114 valence electrons. The minimum atomic E-state index is -0.534. The third kappa shape index (κ3) is 3.49. The molecule has 7 nitrogen and oxygen atoms in total. The van der Waals surface area contributed by atoms with Crippen LogP contribution >= 0.6 is 0 Å². The number of nitrogens with one attached hydrogen (secondary N) is 1. The van der Waals surface area contributed by atoms with Crippen LogP contribution in [-0.2, 0) is 0 Å². The fourth-order valence-corrected chi connectivity index (χ4v) is 2.29. The number of hydrazine groups is 1. The molecule has 0 aromatic heterocycles. The molecule has 21 heavy (non-hydrogen) atoms. The number of nitrogens with zero attached hydrogens (tertiary/aromatic N) is 2. The van der Waals surface area contributed by atoms with E-state index in [2.05, 4.69) is 5.43 Å². The van der Waals surface area contributed by atoms with E-state index in [1.807, 2.05) is 13.8 Å². The van der Waals surface area contributed by atoms with Gasteiger partial charge in [-0.3, -0.25) is 20.8 Å². The smallest absolute Gasteiger partial charge is 0.282 e. The van der Waals surface area contributed by atoms with Crippen molar-refractivity contribution in [3.05, 3.63) is 33.9 Å². The van der Waals surface area contributed by atoms with E-state index in [0.29, 0.717) is 18.2 Å². The number of rotatable bonds is 6. The van der Waals surface area contributed by atoms with Crippen molar-refractivity contribution in [3.63, 3.8) is 0 Å². The lowest BCUT2D eigenvalue weighted by Gasteiger charge is -2.24. The number of nitro groups is 1. The van der Waals surface area contributed by atoms with Gasteiger partial charge in [-0.15, -0.1) is 0 Å². The van der Waals surface area contributed by atoms with Gasteiger partial charge in [0.2, 0.25) is 0 Å². The summed E-state index contributed by atoms with van der Waals surface area (Å²) in [5.74, 6) is 5.34. The second-order valence-corrected chi connectivity index (χ2v) is 5.72. The molecule has 1 aromatic carbocycles. The summed E-state index contributed by atoms with van der Waals surface area (Å²) in [5, 5.41) is 11.1. The summed E-state index contributed by atoms with van der Waals surface area (Å²) < 4.78 is 0. The number of carbonyl (C=O) groups is 1. The topological polar surface area (TPSA) is 102 Å². The monoisotopic (exact) mass is 292 g/mol. The van der Waals surface area contributed by atoms with Crippen molar-refractivity contribution in [3.8, 4) is 0 Å². The summed E-state index contributed by atoms with van der Waals surface area (Å²) in [6, 6.07) is 4.44. The number of nitrogens with two attached hydrogens (primary N) is 1. The third-order valence-electron chi connectivity index (χ3n) is 3.40. The van der Waals surface area contributed by atoms with Crippen LogP contribution in [-0.4, -0.2) is 28.3 Å². The average Bonchev–Trinajstić information content (AvgIpc) is 3.27. The maximum Gasteiger partial charge on any atom is 0.282 e. The number of benzene rings is 1. The second kappa shape index (κ2) is 6.09. The Morgan fingerprint density at radius 3 is 2.67 bits per heavy atom. The van der Waals surface area contributed by atoms with Gasteiger partial charge in [-0.05, 0) is 30.9 Å². The number of nitrogen functional groups attached to an aromatic ring is 1. The zero-order valence-corrected chi connectivity index (χ0v) is 12.2. The highest BCUT2D eigenvalue weighted by atomic mass is 16.6. The number of carbonyl (C=O) groups excluding carboxylic acids is 1. The first-order valence-electron chi connectivity index (χ1n) is 7.00. The molecule has 1 amide bonds. The molecule has 2 rings (SSSR count). The normalized spacial score (nSPS) is 14.1. The minimum absolute atomic E-state index is 0.0861. The summed E-state index contributed by atoms with van der Waals surface area (Å²) >= 11 is 0. The molecule has 0 heterocycles. The fourth-order valence-electron chi connectivity index (χ4n) is 2.29. The molecule has 0 atom stereocenters. The number of nitro benzene ring substituents is 1. The van der Waals surface area contributed by atoms with E-state index in [0.717, 1.165) is 12.8 Å². The fraction of sp³-hybridized carbons (Fsp3) is 0.500. The van der Waals surface area contributed by atoms with Crippen LogP contribution in [0.25, 0.3) is 0 Å². The quantitative estimate of drug-likeness (QED) is 0.475. The van der Waals surface area contributed by atoms with Gasteiger partial charge < -0.3 is 10.3 Å². The summed E-state index contributed by atoms with van der Waals surface area (Å²) in [7, 11) is 0. The molecule has 0 spiro atoms. The molecule has 0 aliphatic heterocycles. The minimum Gasteiger partial charge on any atom is -0.335 e. The van der Waals surface area contributed by atoms with Crippen LogP contribution in [0.5, 0.6) is 0 Å². The third-order valence-corrected chi connectivity index (χ3v) is 3.40. The van der Waals surface area contributed by atoms with Crippen molar-refractivity contribution in [1.29, 1.82) is 0 Å². The Hall–Kier alpha value is -2.15. The number of amides is 1. The lowest BCUT2D eigenvalue weighted by atomic mass is 10.1. The van der Waals surface area contributed by atoms with Crippen molar-refractivity contribution in [1.82, 2.24) is 4.90 Å². The lowest BCUT2D eigenvalue weighted by molar-refractivity contribution is -0.385. The van der Waals surface area contributed by atoms with E-state index < -0.39 is 4.92 Å². The van der Waals surface area contributed by atoms with E-state index in [-0.39, 0.29) is 23.2 Å². The van der Waals surface area contributed by atoms with Crippen molar-refractivity contribution in [2.24, 2.45) is 11.8 Å². The molecule has 3 N–H and O–H groups in total. The van der Waals surface area contributed by atoms with Gasteiger partial charge in [0.1, 0.15) is 5.56 Å². The molecule has 1 saturated carbocycles. The average molecular weight is 292 g/mol. The standard InChI is InChI=1S/C14H20N4O3/c1-9(2)8-17(11-4-5-11)14(19)12-7-10(16-15)3-6-13(12)18(20)21/h3,6-7,9,11,16H,4-5,8,15H2,1-2H3. The highest BCUT2D eigenvalue weighted by molar-refractivity contribution is 5.99. The van der Waals surface area contributed by atoms with Gasteiger partial charge in [-0.25, -0.2) is 0 Å².